The van der Waals surface area contributed by atoms with E-state index in [1.807, 2.05) is 42.5 Å². The van der Waals surface area contributed by atoms with Gasteiger partial charge < -0.3 is 5.32 Å². The number of benzene rings is 3. The zero-order valence-corrected chi connectivity index (χ0v) is 19.1. The van der Waals surface area contributed by atoms with Crippen molar-refractivity contribution < 1.29 is 13.2 Å². The molecule has 4 aromatic rings. The zero-order valence-electron chi connectivity index (χ0n) is 18.3. The van der Waals surface area contributed by atoms with Crippen molar-refractivity contribution in [2.24, 2.45) is 0 Å². The molecular weight excluding hydrogens is 450 g/mol. The van der Waals surface area contributed by atoms with Crippen molar-refractivity contribution in [1.82, 2.24) is 19.1 Å². The highest BCUT2D eigenvalue weighted by Gasteiger charge is 2.28. The Morgan fingerprint density at radius 2 is 1.79 bits per heavy atom. The Hall–Kier alpha value is -3.82. The number of aromatic nitrogens is 3. The zero-order chi connectivity index (χ0) is 23.5. The van der Waals surface area contributed by atoms with Crippen molar-refractivity contribution in [2.75, 3.05) is 11.9 Å². The highest BCUT2D eigenvalue weighted by atomic mass is 32.2. The summed E-state index contributed by atoms with van der Waals surface area (Å²) in [6, 6.07) is 21.5. The second-order valence-electron chi connectivity index (χ2n) is 8.13. The summed E-state index contributed by atoms with van der Waals surface area (Å²) in [5.41, 5.74) is 4.03. The molecule has 1 aliphatic rings. The number of hydrogen-bond donors (Lipinski definition) is 1. The van der Waals surface area contributed by atoms with Gasteiger partial charge in [-0.3, -0.25) is 4.79 Å². The van der Waals surface area contributed by atoms with Crippen molar-refractivity contribution in [3.05, 3.63) is 108 Å². The highest BCUT2D eigenvalue weighted by molar-refractivity contribution is 7.89. The summed E-state index contributed by atoms with van der Waals surface area (Å²) in [5, 5.41) is 6.95. The van der Waals surface area contributed by atoms with Gasteiger partial charge in [0.15, 0.2) is 0 Å². The van der Waals surface area contributed by atoms with E-state index in [1.54, 1.807) is 29.2 Å². The maximum atomic E-state index is 13.3. The van der Waals surface area contributed by atoms with E-state index in [2.05, 4.69) is 15.4 Å². The summed E-state index contributed by atoms with van der Waals surface area (Å²) in [7, 11) is -3.73. The monoisotopic (exact) mass is 473 g/mol. The maximum Gasteiger partial charge on any atom is 0.255 e. The van der Waals surface area contributed by atoms with Crippen LogP contribution in [-0.2, 0) is 29.5 Å². The SMILES string of the molecule is O=C(Nc1cccc(Cn2cncn2)c1)c1cccc(S(=O)(=O)N2CCc3ccccc3C2)c1. The van der Waals surface area contributed by atoms with Gasteiger partial charge in [-0.15, -0.1) is 0 Å². The molecule has 2 heterocycles. The van der Waals surface area contributed by atoms with Gasteiger partial charge in [0.2, 0.25) is 10.0 Å². The van der Waals surface area contributed by atoms with E-state index in [0.29, 0.717) is 31.7 Å². The molecule has 8 nitrogen and oxygen atoms in total. The molecule has 0 saturated carbocycles. The fourth-order valence-corrected chi connectivity index (χ4v) is 5.54. The summed E-state index contributed by atoms with van der Waals surface area (Å²) in [6.07, 6.45) is 3.76. The van der Waals surface area contributed by atoms with Crippen LogP contribution in [0.3, 0.4) is 0 Å². The van der Waals surface area contributed by atoms with Crippen LogP contribution in [0.4, 0.5) is 5.69 Å². The summed E-state index contributed by atoms with van der Waals surface area (Å²) in [5.74, 6) is -0.376. The fraction of sp³-hybridized carbons (Fsp3) is 0.160. The van der Waals surface area contributed by atoms with E-state index in [1.165, 1.54) is 28.3 Å². The van der Waals surface area contributed by atoms with Gasteiger partial charge in [-0.05, 0) is 53.4 Å². The van der Waals surface area contributed by atoms with Crippen molar-refractivity contribution in [3.8, 4) is 0 Å². The van der Waals surface area contributed by atoms with Crippen molar-refractivity contribution >= 4 is 21.6 Å². The van der Waals surface area contributed by atoms with Crippen LogP contribution in [0.5, 0.6) is 0 Å². The molecule has 0 unspecified atom stereocenters. The van der Waals surface area contributed by atoms with E-state index in [0.717, 1.165) is 11.1 Å². The molecule has 1 aromatic heterocycles. The predicted molar refractivity (Wildman–Crippen MR) is 128 cm³/mol. The Balaban J connectivity index is 1.32. The molecular formula is C25H23N5O3S. The number of hydrogen-bond acceptors (Lipinski definition) is 5. The average Bonchev–Trinajstić information content (AvgIpc) is 3.37. The van der Waals surface area contributed by atoms with Gasteiger partial charge in [0, 0.05) is 24.3 Å². The summed E-state index contributed by atoms with van der Waals surface area (Å²) < 4.78 is 29.8. The molecule has 0 aliphatic carbocycles. The topological polar surface area (TPSA) is 97.2 Å². The molecule has 0 fully saturated rings. The number of carbonyl (C=O) groups excluding carboxylic acids is 1. The largest absolute Gasteiger partial charge is 0.322 e. The minimum atomic E-state index is -3.73. The van der Waals surface area contributed by atoms with Crippen molar-refractivity contribution in [1.29, 1.82) is 0 Å². The third-order valence-electron chi connectivity index (χ3n) is 5.83. The van der Waals surface area contributed by atoms with Crippen molar-refractivity contribution in [3.63, 3.8) is 0 Å². The standard InChI is InChI=1S/C25H23N5O3S/c31-25(28-23-9-3-5-19(13-23)15-29-18-26-17-27-29)21-8-4-10-24(14-21)34(32,33)30-12-11-20-6-1-2-7-22(20)16-30/h1-10,13-14,17-18H,11-12,15-16H2,(H,28,31). The van der Waals surface area contributed by atoms with Crippen molar-refractivity contribution in [2.45, 2.75) is 24.4 Å². The van der Waals surface area contributed by atoms with Crippen LogP contribution in [-0.4, -0.2) is 39.9 Å². The Labute approximate surface area is 197 Å². The smallest absolute Gasteiger partial charge is 0.255 e. The Morgan fingerprint density at radius 1 is 0.971 bits per heavy atom. The van der Waals surface area contributed by atoms with Crippen LogP contribution in [0.2, 0.25) is 0 Å². The first kappa shape index (κ1) is 22.0. The predicted octanol–water partition coefficient (Wildman–Crippen LogP) is 3.33. The lowest BCUT2D eigenvalue weighted by Gasteiger charge is -2.28. The first-order chi connectivity index (χ1) is 16.5. The average molecular weight is 474 g/mol. The maximum absolute atomic E-state index is 13.3. The van der Waals surface area contributed by atoms with Gasteiger partial charge in [0.1, 0.15) is 12.7 Å². The lowest BCUT2D eigenvalue weighted by Crippen LogP contribution is -2.36. The van der Waals surface area contributed by atoms with Crippen LogP contribution < -0.4 is 5.32 Å². The lowest BCUT2D eigenvalue weighted by atomic mass is 10.0. The van der Waals surface area contributed by atoms with E-state index in [9.17, 15) is 13.2 Å². The Bertz CT molecular complexity index is 1430. The molecule has 1 amide bonds. The number of amides is 1. The van der Waals surface area contributed by atoms with Gasteiger partial charge >= 0.3 is 0 Å². The van der Waals surface area contributed by atoms with E-state index >= 15 is 0 Å². The summed E-state index contributed by atoms with van der Waals surface area (Å²) in [4.78, 5) is 17.0. The summed E-state index contributed by atoms with van der Waals surface area (Å²) >= 11 is 0. The molecule has 34 heavy (non-hydrogen) atoms. The van der Waals surface area contributed by atoms with Crippen LogP contribution in [0.15, 0.2) is 90.3 Å². The van der Waals surface area contributed by atoms with Gasteiger partial charge in [-0.2, -0.15) is 9.40 Å². The number of sulfonamides is 1. The molecule has 9 heteroatoms. The number of rotatable bonds is 6. The molecule has 1 N–H and O–H groups in total. The molecule has 0 radical (unpaired) electrons. The van der Waals surface area contributed by atoms with Gasteiger partial charge in [-0.1, -0.05) is 42.5 Å². The Morgan fingerprint density at radius 3 is 2.62 bits per heavy atom. The van der Waals surface area contributed by atoms with E-state index in [4.69, 9.17) is 0 Å². The van der Waals surface area contributed by atoms with Crippen LogP contribution in [0.1, 0.15) is 27.0 Å². The second kappa shape index (κ2) is 9.20. The van der Waals surface area contributed by atoms with E-state index < -0.39 is 10.0 Å². The Kier molecular flexibility index (Phi) is 5.95. The van der Waals surface area contributed by atoms with Gasteiger partial charge in [0.05, 0.1) is 11.4 Å². The molecule has 0 saturated heterocycles. The summed E-state index contributed by atoms with van der Waals surface area (Å²) in [6.45, 7) is 1.26. The molecule has 0 atom stereocenters. The number of anilines is 1. The van der Waals surface area contributed by atoms with Gasteiger partial charge in [-0.25, -0.2) is 18.1 Å². The highest BCUT2D eigenvalue weighted by Crippen LogP contribution is 2.25. The number of nitrogens with zero attached hydrogens (tertiary/aromatic N) is 4. The molecule has 1 aliphatic heterocycles. The van der Waals surface area contributed by atoms with Crippen LogP contribution >= 0.6 is 0 Å². The lowest BCUT2D eigenvalue weighted by molar-refractivity contribution is 0.102. The number of nitrogens with one attached hydrogen (secondary N) is 1. The first-order valence-electron chi connectivity index (χ1n) is 10.9. The number of carbonyl (C=O) groups is 1. The minimum Gasteiger partial charge on any atom is -0.322 e. The molecule has 5 rings (SSSR count). The third kappa shape index (κ3) is 4.61. The fourth-order valence-electron chi connectivity index (χ4n) is 4.07. The minimum absolute atomic E-state index is 0.111. The molecule has 3 aromatic carbocycles. The third-order valence-corrected chi connectivity index (χ3v) is 7.67. The van der Waals surface area contributed by atoms with Crippen LogP contribution in [0.25, 0.3) is 0 Å². The molecule has 0 bridgehead atoms. The normalized spacial score (nSPS) is 13.9. The van der Waals surface area contributed by atoms with Crippen LogP contribution in [0, 0.1) is 0 Å². The quantitative estimate of drug-likeness (QED) is 0.463. The molecule has 172 valence electrons. The second-order valence-corrected chi connectivity index (χ2v) is 10.1. The van der Waals surface area contributed by atoms with Gasteiger partial charge in [0.25, 0.3) is 5.91 Å². The first-order valence-corrected chi connectivity index (χ1v) is 12.3. The van der Waals surface area contributed by atoms with E-state index in [-0.39, 0.29) is 16.4 Å². The number of fused-ring (bicyclic) bond motifs is 1. The molecule has 0 spiro atoms.